The van der Waals surface area contributed by atoms with Gasteiger partial charge < -0.3 is 24.4 Å². The third-order valence-electron chi connectivity index (χ3n) is 8.92. The fourth-order valence-electron chi connectivity index (χ4n) is 6.71. The average Bonchev–Trinajstić information content (AvgIpc) is 3.65. The SMILES string of the molecule is C[C@@H](NC(=O)c1ccc(CN2C(=O)C3(COc4cc5c(cc43)OCO5)c3ccccc32)cc1)C1CCCCC1. The molecule has 3 aromatic carbocycles. The van der Waals surface area contributed by atoms with E-state index in [2.05, 4.69) is 12.2 Å². The van der Waals surface area contributed by atoms with Crippen molar-refractivity contribution in [3.63, 3.8) is 0 Å². The molecule has 0 saturated heterocycles. The Morgan fingerprint density at radius 2 is 1.69 bits per heavy atom. The van der Waals surface area contributed by atoms with E-state index in [-0.39, 0.29) is 31.3 Å². The van der Waals surface area contributed by atoms with Crippen LogP contribution in [0.25, 0.3) is 0 Å². The molecule has 3 aliphatic heterocycles. The second kappa shape index (κ2) is 9.33. The van der Waals surface area contributed by atoms with Crippen LogP contribution in [0.4, 0.5) is 5.69 Å². The summed E-state index contributed by atoms with van der Waals surface area (Å²) in [5.41, 5.74) is 3.28. The monoisotopic (exact) mass is 524 g/mol. The van der Waals surface area contributed by atoms with E-state index in [1.807, 2.05) is 65.6 Å². The van der Waals surface area contributed by atoms with Crippen molar-refractivity contribution >= 4 is 17.5 Å². The Morgan fingerprint density at radius 3 is 2.49 bits per heavy atom. The fraction of sp³-hybridized carbons (Fsp3) is 0.375. The molecule has 1 spiro atoms. The largest absolute Gasteiger partial charge is 0.491 e. The standard InChI is InChI=1S/C32H32N2O5/c1-20(22-7-3-2-4-8-22)33-30(35)23-13-11-21(12-14-23)17-34-26-10-6-5-9-24(26)32(31(34)36)18-37-27-16-29-28(15-25(27)32)38-19-39-29/h5-6,9-16,20,22H,2-4,7-8,17-19H2,1H3,(H,33,35)/t20-,32?/m1/s1. The Hall–Kier alpha value is -4.00. The molecule has 7 rings (SSSR count). The molecule has 1 N–H and O–H groups in total. The number of hydrogen-bond acceptors (Lipinski definition) is 5. The topological polar surface area (TPSA) is 77.1 Å². The van der Waals surface area contributed by atoms with E-state index >= 15 is 0 Å². The third-order valence-corrected chi connectivity index (χ3v) is 8.92. The first kappa shape index (κ1) is 24.1. The van der Waals surface area contributed by atoms with Gasteiger partial charge in [0.05, 0.1) is 6.54 Å². The van der Waals surface area contributed by atoms with Gasteiger partial charge in [-0.1, -0.05) is 49.6 Å². The maximum absolute atomic E-state index is 14.2. The summed E-state index contributed by atoms with van der Waals surface area (Å²) in [5, 5.41) is 3.20. The van der Waals surface area contributed by atoms with Gasteiger partial charge in [0.15, 0.2) is 11.5 Å². The Morgan fingerprint density at radius 1 is 0.949 bits per heavy atom. The van der Waals surface area contributed by atoms with E-state index < -0.39 is 5.41 Å². The zero-order valence-corrected chi connectivity index (χ0v) is 22.1. The smallest absolute Gasteiger partial charge is 0.251 e. The summed E-state index contributed by atoms with van der Waals surface area (Å²) in [7, 11) is 0. The molecule has 3 heterocycles. The number of rotatable bonds is 5. The lowest BCUT2D eigenvalue weighted by atomic mass is 9.77. The highest BCUT2D eigenvalue weighted by molar-refractivity contribution is 6.11. The minimum absolute atomic E-state index is 0.0237. The lowest BCUT2D eigenvalue weighted by Gasteiger charge is -2.28. The molecule has 2 amide bonds. The van der Waals surface area contributed by atoms with Gasteiger partial charge in [-0.2, -0.15) is 0 Å². The number of ether oxygens (including phenoxy) is 3. The summed E-state index contributed by atoms with van der Waals surface area (Å²) in [5.74, 6) is 2.42. The van der Waals surface area contributed by atoms with Gasteiger partial charge in [-0.15, -0.1) is 0 Å². The highest BCUT2D eigenvalue weighted by atomic mass is 16.7. The van der Waals surface area contributed by atoms with Crippen LogP contribution in [0.15, 0.2) is 60.7 Å². The van der Waals surface area contributed by atoms with Gasteiger partial charge in [0.1, 0.15) is 17.8 Å². The molecule has 3 aromatic rings. The minimum Gasteiger partial charge on any atom is -0.491 e. The summed E-state index contributed by atoms with van der Waals surface area (Å²) < 4.78 is 17.2. The number of hydrogen-bond donors (Lipinski definition) is 1. The number of amides is 2. The predicted molar refractivity (Wildman–Crippen MR) is 146 cm³/mol. The second-order valence-electron chi connectivity index (χ2n) is 11.2. The number of fused-ring (bicyclic) bond motifs is 5. The number of anilines is 1. The van der Waals surface area contributed by atoms with Crippen molar-refractivity contribution in [3.05, 3.63) is 82.9 Å². The van der Waals surface area contributed by atoms with Crippen LogP contribution in [-0.2, 0) is 16.8 Å². The van der Waals surface area contributed by atoms with E-state index in [9.17, 15) is 9.59 Å². The minimum atomic E-state index is -0.929. The van der Waals surface area contributed by atoms with Crippen molar-refractivity contribution < 1.29 is 23.8 Å². The van der Waals surface area contributed by atoms with Gasteiger partial charge in [0.25, 0.3) is 5.91 Å². The van der Waals surface area contributed by atoms with Crippen molar-refractivity contribution in [2.75, 3.05) is 18.3 Å². The first-order valence-corrected chi connectivity index (χ1v) is 13.9. The van der Waals surface area contributed by atoms with Crippen molar-refractivity contribution in [2.24, 2.45) is 5.92 Å². The normalized spacial score (nSPS) is 22.0. The molecule has 2 atom stereocenters. The van der Waals surface area contributed by atoms with Crippen LogP contribution in [-0.4, -0.2) is 31.3 Å². The molecule has 39 heavy (non-hydrogen) atoms. The third kappa shape index (κ3) is 3.86. The van der Waals surface area contributed by atoms with Crippen LogP contribution in [0, 0.1) is 5.92 Å². The molecule has 1 fully saturated rings. The van der Waals surface area contributed by atoms with Crippen molar-refractivity contribution in [1.29, 1.82) is 0 Å². The summed E-state index contributed by atoms with van der Waals surface area (Å²) in [4.78, 5) is 29.0. The molecule has 7 nitrogen and oxygen atoms in total. The molecular formula is C32H32N2O5. The van der Waals surface area contributed by atoms with Gasteiger partial charge >= 0.3 is 0 Å². The zero-order valence-electron chi connectivity index (χ0n) is 22.1. The molecule has 0 aromatic heterocycles. The molecule has 0 bridgehead atoms. The van der Waals surface area contributed by atoms with E-state index in [4.69, 9.17) is 14.2 Å². The number of nitrogens with one attached hydrogen (secondary N) is 1. The van der Waals surface area contributed by atoms with Crippen LogP contribution < -0.4 is 24.4 Å². The van der Waals surface area contributed by atoms with Gasteiger partial charge in [0, 0.05) is 28.9 Å². The lowest BCUT2D eigenvalue weighted by Crippen LogP contribution is -2.42. The molecule has 0 radical (unpaired) electrons. The van der Waals surface area contributed by atoms with E-state index in [0.29, 0.717) is 35.3 Å². The molecular weight excluding hydrogens is 492 g/mol. The second-order valence-corrected chi connectivity index (χ2v) is 11.2. The number of nitrogens with zero attached hydrogens (tertiary/aromatic N) is 1. The summed E-state index contributed by atoms with van der Waals surface area (Å²) in [6.45, 7) is 2.91. The zero-order chi connectivity index (χ0) is 26.6. The molecule has 1 unspecified atom stereocenters. The molecule has 200 valence electrons. The first-order valence-electron chi connectivity index (χ1n) is 13.9. The lowest BCUT2D eigenvalue weighted by molar-refractivity contribution is -0.122. The Balaban J connectivity index is 1.13. The fourth-order valence-corrected chi connectivity index (χ4v) is 6.71. The first-order chi connectivity index (χ1) is 19.0. The van der Waals surface area contributed by atoms with Crippen LogP contribution in [0.5, 0.6) is 17.2 Å². The average molecular weight is 525 g/mol. The van der Waals surface area contributed by atoms with Crippen molar-refractivity contribution in [1.82, 2.24) is 5.32 Å². The molecule has 1 aliphatic carbocycles. The van der Waals surface area contributed by atoms with Gasteiger partial charge in [-0.25, -0.2) is 0 Å². The molecule has 7 heteroatoms. The van der Waals surface area contributed by atoms with Crippen LogP contribution in [0.1, 0.15) is 66.1 Å². The van der Waals surface area contributed by atoms with E-state index in [0.717, 1.165) is 22.4 Å². The van der Waals surface area contributed by atoms with Gasteiger partial charge in [-0.05, 0) is 61.1 Å². The highest BCUT2D eigenvalue weighted by Gasteiger charge is 2.57. The highest BCUT2D eigenvalue weighted by Crippen LogP contribution is 2.55. The van der Waals surface area contributed by atoms with Crippen molar-refractivity contribution in [3.8, 4) is 17.2 Å². The van der Waals surface area contributed by atoms with Crippen LogP contribution in [0.2, 0.25) is 0 Å². The van der Waals surface area contributed by atoms with Crippen LogP contribution in [0.3, 0.4) is 0 Å². The van der Waals surface area contributed by atoms with Gasteiger partial charge in [0.2, 0.25) is 12.7 Å². The molecule has 1 saturated carbocycles. The number of para-hydroxylation sites is 1. The van der Waals surface area contributed by atoms with Crippen molar-refractivity contribution in [2.45, 2.75) is 57.0 Å². The molecule has 4 aliphatic rings. The maximum Gasteiger partial charge on any atom is 0.251 e. The van der Waals surface area contributed by atoms with Crippen LogP contribution >= 0.6 is 0 Å². The Labute approximate surface area is 228 Å². The van der Waals surface area contributed by atoms with Gasteiger partial charge in [-0.3, -0.25) is 9.59 Å². The summed E-state index contributed by atoms with van der Waals surface area (Å²) in [6, 6.07) is 19.4. The number of benzene rings is 3. The quantitative estimate of drug-likeness (QED) is 0.488. The Kier molecular flexibility index (Phi) is 5.76. The maximum atomic E-state index is 14.2. The number of carbonyl (C=O) groups is 2. The van der Waals surface area contributed by atoms with E-state index in [1.54, 1.807) is 0 Å². The predicted octanol–water partition coefficient (Wildman–Crippen LogP) is 5.34. The van der Waals surface area contributed by atoms with E-state index in [1.165, 1.54) is 32.1 Å². The number of carbonyl (C=O) groups excluding carboxylic acids is 2. The summed E-state index contributed by atoms with van der Waals surface area (Å²) >= 11 is 0. The Bertz CT molecular complexity index is 1450. The summed E-state index contributed by atoms with van der Waals surface area (Å²) in [6.07, 6.45) is 6.18.